The molecule has 2 aromatic rings. The zero-order valence-corrected chi connectivity index (χ0v) is 19.3. The van der Waals surface area contributed by atoms with Gasteiger partial charge in [-0.1, -0.05) is 0 Å². The smallest absolute Gasteiger partial charge is 0.254 e. The molecule has 0 aliphatic heterocycles. The average molecular weight is 476 g/mol. The summed E-state index contributed by atoms with van der Waals surface area (Å²) in [4.78, 5) is 24.3. The summed E-state index contributed by atoms with van der Waals surface area (Å²) in [6.07, 6.45) is 8.93. The van der Waals surface area contributed by atoms with Crippen LogP contribution in [0.1, 0.15) is 55.3 Å². The van der Waals surface area contributed by atoms with Crippen molar-refractivity contribution >= 4 is 41.4 Å². The van der Waals surface area contributed by atoms with Crippen molar-refractivity contribution in [2.24, 2.45) is 16.8 Å². The first-order valence-corrected chi connectivity index (χ1v) is 11.7. The lowest BCUT2D eigenvalue weighted by Gasteiger charge is -2.39. The summed E-state index contributed by atoms with van der Waals surface area (Å²) in [6, 6.07) is 10.2. The molecule has 1 aromatic heterocycles. The van der Waals surface area contributed by atoms with Gasteiger partial charge in [0.2, 0.25) is 5.91 Å². The summed E-state index contributed by atoms with van der Waals surface area (Å²) < 4.78 is 1.67. The molecule has 2 amide bonds. The maximum Gasteiger partial charge on any atom is 0.254 e. The summed E-state index contributed by atoms with van der Waals surface area (Å²) in [7, 11) is 0. The Morgan fingerprint density at radius 1 is 1.23 bits per heavy atom. The van der Waals surface area contributed by atoms with E-state index in [-0.39, 0.29) is 35.7 Å². The maximum atomic E-state index is 12.3. The van der Waals surface area contributed by atoms with Gasteiger partial charge in [-0.2, -0.15) is 15.5 Å². The molecule has 1 aromatic carbocycles. The monoisotopic (exact) mass is 475 g/mol. The fourth-order valence-corrected chi connectivity index (χ4v) is 4.41. The molecule has 11 nitrogen and oxygen atoms in total. The Bertz CT molecular complexity index is 1150. The number of aromatic nitrogens is 2. The van der Waals surface area contributed by atoms with Gasteiger partial charge in [0, 0.05) is 30.1 Å². The molecule has 35 heavy (non-hydrogen) atoms. The lowest BCUT2D eigenvalue weighted by atomic mass is 9.77. The molecule has 1 heterocycles. The van der Waals surface area contributed by atoms with Crippen molar-refractivity contribution in [2.75, 3.05) is 16.1 Å². The van der Waals surface area contributed by atoms with Gasteiger partial charge in [-0.15, -0.1) is 0 Å². The number of benzene rings is 1. The Hall–Kier alpha value is -4.20. The van der Waals surface area contributed by atoms with Gasteiger partial charge in [-0.3, -0.25) is 19.7 Å². The fourth-order valence-electron chi connectivity index (χ4n) is 4.41. The number of primary amides is 1. The van der Waals surface area contributed by atoms with E-state index in [9.17, 15) is 14.9 Å². The molecule has 0 saturated heterocycles. The van der Waals surface area contributed by atoms with E-state index in [4.69, 9.17) is 11.1 Å². The Kier molecular flexibility index (Phi) is 7.10. The number of hydrazone groups is 1. The Balaban J connectivity index is 1.44. The Labute approximate surface area is 203 Å². The maximum absolute atomic E-state index is 12.3. The fraction of sp³-hybridized carbons (Fsp3) is 0.417. The van der Waals surface area contributed by atoms with Crippen LogP contribution in [0.15, 0.2) is 35.6 Å². The van der Waals surface area contributed by atoms with Gasteiger partial charge in [0.05, 0.1) is 29.9 Å². The largest absolute Gasteiger partial charge is 0.382 e. The normalized spacial score (nSPS) is 21.7. The molecule has 4 rings (SSSR count). The van der Waals surface area contributed by atoms with Crippen molar-refractivity contribution in [1.82, 2.24) is 9.78 Å². The van der Waals surface area contributed by atoms with Crippen LogP contribution in [-0.2, 0) is 10.3 Å². The number of nitrogens with zero attached hydrogens (tertiary/aromatic N) is 4. The number of rotatable bonds is 10. The van der Waals surface area contributed by atoms with E-state index >= 15 is 0 Å². The van der Waals surface area contributed by atoms with Crippen LogP contribution in [0.3, 0.4) is 0 Å². The Morgan fingerprint density at radius 2 is 1.91 bits per heavy atom. The van der Waals surface area contributed by atoms with Crippen LogP contribution < -0.4 is 21.8 Å². The highest BCUT2D eigenvalue weighted by molar-refractivity contribution is 6.14. The summed E-state index contributed by atoms with van der Waals surface area (Å²) in [5.41, 5.74) is 9.79. The van der Waals surface area contributed by atoms with E-state index in [1.165, 1.54) is 6.21 Å². The standard InChI is InChI=1S/C24H29N9O2/c25-12-11-24(33-15-20(21(27)34)22(32-33)30-23(35)16-1-2-16)9-7-18(8-10-24)29-17-3-5-19(6-4-17)31-28-14-13-26/h3-6,13-16,18,26,29,31H,1-2,7-11H2,(H2,27,34)(H,30,32,35)/b26-13?,28-14-. The molecule has 2 aliphatic carbocycles. The summed E-state index contributed by atoms with van der Waals surface area (Å²) in [5.74, 6) is -0.672. The highest BCUT2D eigenvalue weighted by atomic mass is 16.2. The first-order chi connectivity index (χ1) is 16.9. The van der Waals surface area contributed by atoms with Crippen LogP contribution in [-0.4, -0.2) is 40.1 Å². The van der Waals surface area contributed by atoms with Gasteiger partial charge in [0.1, 0.15) is 5.56 Å². The second-order valence-electron chi connectivity index (χ2n) is 9.08. The van der Waals surface area contributed by atoms with Gasteiger partial charge in [-0.25, -0.2) is 0 Å². The van der Waals surface area contributed by atoms with Crippen LogP contribution in [0.5, 0.6) is 0 Å². The molecule has 0 bridgehead atoms. The van der Waals surface area contributed by atoms with Crippen molar-refractivity contribution < 1.29 is 9.59 Å². The van der Waals surface area contributed by atoms with Gasteiger partial charge in [-0.05, 0) is 62.8 Å². The third kappa shape index (κ3) is 5.66. The van der Waals surface area contributed by atoms with E-state index in [0.29, 0.717) is 12.8 Å². The highest BCUT2D eigenvalue weighted by Gasteiger charge is 2.39. The number of nitriles is 1. The zero-order chi connectivity index (χ0) is 24.8. The lowest BCUT2D eigenvalue weighted by molar-refractivity contribution is -0.117. The van der Waals surface area contributed by atoms with Crippen LogP contribution in [0.4, 0.5) is 17.2 Å². The summed E-state index contributed by atoms with van der Waals surface area (Å²) in [6.45, 7) is 0. The van der Waals surface area contributed by atoms with Crippen LogP contribution in [0.25, 0.3) is 0 Å². The summed E-state index contributed by atoms with van der Waals surface area (Å²) in [5, 5.41) is 31.2. The van der Waals surface area contributed by atoms with Crippen LogP contribution >= 0.6 is 0 Å². The van der Waals surface area contributed by atoms with E-state index in [1.54, 1.807) is 10.9 Å². The van der Waals surface area contributed by atoms with E-state index in [0.717, 1.165) is 43.3 Å². The van der Waals surface area contributed by atoms with Crippen molar-refractivity contribution in [3.63, 3.8) is 0 Å². The van der Waals surface area contributed by atoms with E-state index in [1.807, 2.05) is 24.3 Å². The minimum Gasteiger partial charge on any atom is -0.382 e. The highest BCUT2D eigenvalue weighted by Crippen LogP contribution is 2.39. The zero-order valence-electron chi connectivity index (χ0n) is 19.3. The topological polar surface area (TPSA) is 174 Å². The average Bonchev–Trinajstić information content (AvgIpc) is 3.62. The number of hydrogen-bond donors (Lipinski definition) is 5. The lowest BCUT2D eigenvalue weighted by Crippen LogP contribution is -2.41. The van der Waals surface area contributed by atoms with Gasteiger partial charge in [0.15, 0.2) is 5.82 Å². The first-order valence-electron chi connectivity index (χ1n) is 11.7. The molecule has 2 fully saturated rings. The quantitative estimate of drug-likeness (QED) is 0.261. The second kappa shape index (κ2) is 10.4. The van der Waals surface area contributed by atoms with Gasteiger partial charge >= 0.3 is 0 Å². The second-order valence-corrected chi connectivity index (χ2v) is 9.08. The summed E-state index contributed by atoms with van der Waals surface area (Å²) >= 11 is 0. The van der Waals surface area contributed by atoms with Crippen LogP contribution in [0.2, 0.25) is 0 Å². The predicted molar refractivity (Wildman–Crippen MR) is 134 cm³/mol. The van der Waals surface area contributed by atoms with E-state index < -0.39 is 11.4 Å². The third-order valence-electron chi connectivity index (χ3n) is 6.58. The number of nitrogens with one attached hydrogen (secondary N) is 4. The Morgan fingerprint density at radius 3 is 2.51 bits per heavy atom. The molecule has 2 saturated carbocycles. The van der Waals surface area contributed by atoms with Crippen molar-refractivity contribution in [2.45, 2.75) is 56.5 Å². The van der Waals surface area contributed by atoms with Crippen molar-refractivity contribution in [3.05, 3.63) is 36.0 Å². The van der Waals surface area contributed by atoms with Crippen molar-refractivity contribution in [1.29, 1.82) is 10.7 Å². The number of anilines is 3. The molecule has 2 aliphatic rings. The van der Waals surface area contributed by atoms with Gasteiger partial charge < -0.3 is 21.8 Å². The minimum absolute atomic E-state index is 0.0326. The molecule has 0 unspecified atom stereocenters. The van der Waals surface area contributed by atoms with E-state index in [2.05, 4.69) is 32.3 Å². The third-order valence-corrected chi connectivity index (χ3v) is 6.58. The first kappa shape index (κ1) is 23.9. The number of carbonyl (C=O) groups excluding carboxylic acids is 2. The molecular weight excluding hydrogens is 446 g/mol. The molecule has 0 atom stereocenters. The van der Waals surface area contributed by atoms with Crippen LogP contribution in [0, 0.1) is 22.7 Å². The number of amides is 2. The number of hydrogen-bond acceptors (Lipinski definition) is 8. The molecular formula is C24H29N9O2. The molecule has 11 heteroatoms. The molecule has 0 radical (unpaired) electrons. The predicted octanol–water partition coefficient (Wildman–Crippen LogP) is 3.04. The molecule has 0 spiro atoms. The number of carbonyl (C=O) groups is 2. The van der Waals surface area contributed by atoms with Gasteiger partial charge in [0.25, 0.3) is 5.91 Å². The molecule has 182 valence electrons. The van der Waals surface area contributed by atoms with Crippen molar-refractivity contribution in [3.8, 4) is 6.07 Å². The SMILES string of the molecule is N#CCC1(n2cc(C(N)=O)c(NC(=O)C3CC3)n2)CCC(Nc2ccc(N/N=C\C=N)cc2)CC1. The number of nitrogens with two attached hydrogens (primary N) is 1. The molecule has 6 N–H and O–H groups in total. The minimum atomic E-state index is -0.661.